The number of aliphatic hydroxyl groups is 1. The average Bonchev–Trinajstić information content (AvgIpc) is 2.43. The van der Waals surface area contributed by atoms with Crippen LogP contribution in [0.4, 0.5) is 16.2 Å². The average molecular weight is 272 g/mol. The van der Waals surface area contributed by atoms with Gasteiger partial charge in [-0.15, -0.1) is 0 Å². The Morgan fingerprint density at radius 2 is 2.26 bits per heavy atom. The summed E-state index contributed by atoms with van der Waals surface area (Å²) in [4.78, 5) is 9.66. The SMILES string of the molecule is CCCNc1ncc(F)c(N(CCO)CCOC)n1. The van der Waals surface area contributed by atoms with Gasteiger partial charge in [0.15, 0.2) is 11.6 Å². The monoisotopic (exact) mass is 272 g/mol. The fourth-order valence-corrected chi connectivity index (χ4v) is 1.55. The minimum absolute atomic E-state index is 0.0785. The fraction of sp³-hybridized carbons (Fsp3) is 0.667. The molecule has 0 saturated heterocycles. The van der Waals surface area contributed by atoms with Crippen LogP contribution in [0.2, 0.25) is 0 Å². The minimum atomic E-state index is -0.508. The lowest BCUT2D eigenvalue weighted by molar-refractivity contribution is 0.202. The summed E-state index contributed by atoms with van der Waals surface area (Å²) in [6, 6.07) is 0. The number of rotatable bonds is 9. The Morgan fingerprint density at radius 1 is 1.47 bits per heavy atom. The number of methoxy groups -OCH3 is 1. The van der Waals surface area contributed by atoms with Gasteiger partial charge in [-0.25, -0.2) is 9.37 Å². The summed E-state index contributed by atoms with van der Waals surface area (Å²) >= 11 is 0. The van der Waals surface area contributed by atoms with E-state index in [-0.39, 0.29) is 12.4 Å². The number of aromatic nitrogens is 2. The Labute approximate surface area is 112 Å². The molecule has 6 nitrogen and oxygen atoms in total. The molecule has 0 fully saturated rings. The van der Waals surface area contributed by atoms with Crippen molar-refractivity contribution in [2.24, 2.45) is 0 Å². The molecular weight excluding hydrogens is 251 g/mol. The number of nitrogens with zero attached hydrogens (tertiary/aromatic N) is 3. The highest BCUT2D eigenvalue weighted by Gasteiger charge is 2.14. The van der Waals surface area contributed by atoms with Gasteiger partial charge in [0.2, 0.25) is 5.95 Å². The van der Waals surface area contributed by atoms with Gasteiger partial charge < -0.3 is 20.1 Å². The number of halogens is 1. The second kappa shape index (κ2) is 8.60. The van der Waals surface area contributed by atoms with Gasteiger partial charge in [0.05, 0.1) is 19.4 Å². The lowest BCUT2D eigenvalue weighted by Gasteiger charge is -2.23. The van der Waals surface area contributed by atoms with Crippen molar-refractivity contribution in [3.05, 3.63) is 12.0 Å². The van der Waals surface area contributed by atoms with Crippen molar-refractivity contribution < 1.29 is 14.2 Å². The number of anilines is 2. The summed E-state index contributed by atoms with van der Waals surface area (Å²) in [5.74, 6) is 0.0601. The first-order chi connectivity index (χ1) is 9.22. The molecule has 1 aromatic rings. The third-order valence-corrected chi connectivity index (χ3v) is 2.49. The molecule has 0 radical (unpaired) electrons. The molecule has 0 amide bonds. The van der Waals surface area contributed by atoms with Gasteiger partial charge in [-0.2, -0.15) is 4.98 Å². The van der Waals surface area contributed by atoms with Crippen LogP contribution in [0.25, 0.3) is 0 Å². The lowest BCUT2D eigenvalue weighted by Crippen LogP contribution is -2.32. The van der Waals surface area contributed by atoms with Gasteiger partial charge in [-0.3, -0.25) is 0 Å². The normalized spacial score (nSPS) is 10.5. The third-order valence-electron chi connectivity index (χ3n) is 2.49. The quantitative estimate of drug-likeness (QED) is 0.695. The van der Waals surface area contributed by atoms with E-state index in [0.29, 0.717) is 25.6 Å². The second-order valence-corrected chi connectivity index (χ2v) is 4.00. The molecule has 0 bridgehead atoms. The predicted molar refractivity (Wildman–Crippen MR) is 71.9 cm³/mol. The molecule has 0 atom stereocenters. The van der Waals surface area contributed by atoms with Gasteiger partial charge >= 0.3 is 0 Å². The summed E-state index contributed by atoms with van der Waals surface area (Å²) in [6.07, 6.45) is 2.07. The fourth-order valence-electron chi connectivity index (χ4n) is 1.55. The zero-order valence-electron chi connectivity index (χ0n) is 11.4. The van der Waals surface area contributed by atoms with Gasteiger partial charge in [0.25, 0.3) is 0 Å². The standard InChI is InChI=1S/C12H21FN4O2/c1-3-4-14-12-15-9-10(13)11(16-12)17(5-7-18)6-8-19-2/h9,18H,3-8H2,1-2H3,(H,14,15,16). The van der Waals surface area contributed by atoms with Crippen molar-refractivity contribution in [1.29, 1.82) is 0 Å². The van der Waals surface area contributed by atoms with Gasteiger partial charge in [0, 0.05) is 26.7 Å². The molecule has 7 heteroatoms. The zero-order chi connectivity index (χ0) is 14.1. The predicted octanol–water partition coefficient (Wildman–Crippen LogP) is 0.883. The summed E-state index contributed by atoms with van der Waals surface area (Å²) < 4.78 is 18.7. The number of ether oxygens (including phenoxy) is 1. The van der Waals surface area contributed by atoms with Gasteiger partial charge in [0.1, 0.15) is 0 Å². The first kappa shape index (κ1) is 15.6. The Bertz CT molecular complexity index is 379. The summed E-state index contributed by atoms with van der Waals surface area (Å²) in [7, 11) is 1.57. The van der Waals surface area contributed by atoms with Crippen LogP contribution >= 0.6 is 0 Å². The van der Waals surface area contributed by atoms with Crippen LogP contribution in [0, 0.1) is 5.82 Å². The maximum atomic E-state index is 13.8. The van der Waals surface area contributed by atoms with E-state index >= 15 is 0 Å². The topological polar surface area (TPSA) is 70.5 Å². The molecule has 0 aliphatic carbocycles. The van der Waals surface area contributed by atoms with E-state index in [4.69, 9.17) is 9.84 Å². The molecule has 0 spiro atoms. The van der Waals surface area contributed by atoms with Crippen LogP contribution in [0.1, 0.15) is 13.3 Å². The molecule has 1 heterocycles. The summed E-state index contributed by atoms with van der Waals surface area (Å²) in [6.45, 7) is 3.85. The van der Waals surface area contributed by atoms with Crippen LogP contribution in [0.5, 0.6) is 0 Å². The Kier molecular flexibility index (Phi) is 7.06. The first-order valence-corrected chi connectivity index (χ1v) is 6.34. The number of hydrogen-bond acceptors (Lipinski definition) is 6. The molecule has 1 rings (SSSR count). The Hall–Kier alpha value is -1.47. The number of hydrogen-bond donors (Lipinski definition) is 2. The van der Waals surface area contributed by atoms with E-state index in [1.807, 2.05) is 6.92 Å². The molecule has 0 aliphatic heterocycles. The highest BCUT2D eigenvalue weighted by Crippen LogP contribution is 2.17. The van der Waals surface area contributed by atoms with Crippen molar-refractivity contribution in [1.82, 2.24) is 9.97 Å². The largest absolute Gasteiger partial charge is 0.395 e. The zero-order valence-corrected chi connectivity index (χ0v) is 11.4. The molecular formula is C12H21FN4O2. The maximum absolute atomic E-state index is 13.8. The minimum Gasteiger partial charge on any atom is -0.395 e. The van der Waals surface area contributed by atoms with Crippen LogP contribution in [0.15, 0.2) is 6.20 Å². The number of nitrogens with one attached hydrogen (secondary N) is 1. The third kappa shape index (κ3) is 4.96. The maximum Gasteiger partial charge on any atom is 0.224 e. The molecule has 0 unspecified atom stereocenters. The van der Waals surface area contributed by atoms with E-state index in [1.165, 1.54) is 0 Å². The summed E-state index contributed by atoms with van der Waals surface area (Å²) in [5, 5.41) is 12.0. The van der Waals surface area contributed by atoms with Gasteiger partial charge in [-0.1, -0.05) is 6.92 Å². The lowest BCUT2D eigenvalue weighted by atomic mass is 10.4. The van der Waals surface area contributed by atoms with Crippen LogP contribution in [-0.2, 0) is 4.74 Å². The van der Waals surface area contributed by atoms with Crippen molar-refractivity contribution in [2.75, 3.05) is 50.2 Å². The van der Waals surface area contributed by atoms with Crippen LogP contribution in [0.3, 0.4) is 0 Å². The second-order valence-electron chi connectivity index (χ2n) is 4.00. The molecule has 2 N–H and O–H groups in total. The van der Waals surface area contributed by atoms with E-state index in [9.17, 15) is 4.39 Å². The number of aliphatic hydroxyl groups excluding tert-OH is 1. The highest BCUT2D eigenvalue weighted by molar-refractivity contribution is 5.43. The first-order valence-electron chi connectivity index (χ1n) is 6.34. The molecule has 0 saturated carbocycles. The van der Waals surface area contributed by atoms with Crippen molar-refractivity contribution in [3.63, 3.8) is 0 Å². The Morgan fingerprint density at radius 3 is 2.89 bits per heavy atom. The van der Waals surface area contributed by atoms with Crippen LogP contribution in [-0.4, -0.2) is 55.0 Å². The molecule has 1 aromatic heterocycles. The van der Waals surface area contributed by atoms with Crippen LogP contribution < -0.4 is 10.2 Å². The smallest absolute Gasteiger partial charge is 0.224 e. The van der Waals surface area contributed by atoms with Gasteiger partial charge in [-0.05, 0) is 6.42 Å². The van der Waals surface area contributed by atoms with E-state index < -0.39 is 5.82 Å². The Balaban J connectivity index is 2.86. The van der Waals surface area contributed by atoms with E-state index in [0.717, 1.165) is 19.2 Å². The summed E-state index contributed by atoms with van der Waals surface area (Å²) in [5.41, 5.74) is 0. The van der Waals surface area contributed by atoms with Crippen molar-refractivity contribution in [2.45, 2.75) is 13.3 Å². The highest BCUT2D eigenvalue weighted by atomic mass is 19.1. The van der Waals surface area contributed by atoms with Crippen molar-refractivity contribution in [3.8, 4) is 0 Å². The van der Waals surface area contributed by atoms with E-state index in [1.54, 1.807) is 12.0 Å². The molecule has 0 aromatic carbocycles. The molecule has 108 valence electrons. The van der Waals surface area contributed by atoms with Crippen molar-refractivity contribution >= 4 is 11.8 Å². The van der Waals surface area contributed by atoms with E-state index in [2.05, 4.69) is 15.3 Å². The molecule has 19 heavy (non-hydrogen) atoms. The molecule has 0 aliphatic rings.